The van der Waals surface area contributed by atoms with Gasteiger partial charge in [0.2, 0.25) is 0 Å². The Bertz CT molecular complexity index is 180. The molecule has 0 radical (unpaired) electrons. The summed E-state index contributed by atoms with van der Waals surface area (Å²) in [6.45, 7) is -1.09. The Morgan fingerprint density at radius 2 is 2.00 bits per heavy atom. The Morgan fingerprint density at radius 1 is 1.43 bits per heavy atom. The maximum absolute atomic E-state index is 11.9. The van der Waals surface area contributed by atoms with E-state index in [2.05, 4.69) is 0 Å². The van der Waals surface area contributed by atoms with Crippen molar-refractivity contribution in [2.75, 3.05) is 26.2 Å². The highest BCUT2D eigenvalue weighted by Gasteiger charge is 2.18. The summed E-state index contributed by atoms with van der Waals surface area (Å²) in [6, 6.07) is -1.21. The van der Waals surface area contributed by atoms with E-state index in [-0.39, 0.29) is 19.7 Å². The molecule has 1 atom stereocenters. The molecule has 0 aromatic carbocycles. The molecule has 0 aromatic rings. The van der Waals surface area contributed by atoms with Gasteiger partial charge in [0, 0.05) is 13.1 Å². The number of halogens is 2. The van der Waals surface area contributed by atoms with Crippen molar-refractivity contribution in [3.63, 3.8) is 0 Å². The first-order valence-electron chi connectivity index (χ1n) is 4.07. The zero-order valence-electron chi connectivity index (χ0n) is 7.57. The molecule has 0 aromatic heterocycles. The highest BCUT2D eigenvalue weighted by molar-refractivity contribution is 5.73. The highest BCUT2D eigenvalue weighted by Crippen LogP contribution is 1.98. The molecule has 4 N–H and O–H groups in total. The number of carbonyl (C=O) groups is 1. The van der Waals surface area contributed by atoms with Crippen LogP contribution >= 0.6 is 0 Å². The van der Waals surface area contributed by atoms with Crippen molar-refractivity contribution >= 4 is 5.97 Å². The third-order valence-electron chi connectivity index (χ3n) is 1.58. The summed E-state index contributed by atoms with van der Waals surface area (Å²) >= 11 is 0. The van der Waals surface area contributed by atoms with Crippen LogP contribution in [0.5, 0.6) is 0 Å². The van der Waals surface area contributed by atoms with Crippen molar-refractivity contribution in [2.24, 2.45) is 5.73 Å². The molecule has 84 valence electrons. The van der Waals surface area contributed by atoms with Crippen LogP contribution in [0.4, 0.5) is 8.78 Å². The second-order valence-electron chi connectivity index (χ2n) is 2.82. The van der Waals surface area contributed by atoms with Crippen molar-refractivity contribution in [3.05, 3.63) is 0 Å². The zero-order chi connectivity index (χ0) is 11.1. The average molecular weight is 212 g/mol. The van der Waals surface area contributed by atoms with E-state index in [0.717, 1.165) is 4.90 Å². The molecule has 0 saturated heterocycles. The lowest BCUT2D eigenvalue weighted by atomic mass is 10.3. The van der Waals surface area contributed by atoms with Gasteiger partial charge in [-0.3, -0.25) is 9.69 Å². The van der Waals surface area contributed by atoms with Crippen LogP contribution in [0, 0.1) is 0 Å². The van der Waals surface area contributed by atoms with Crippen LogP contribution in [0.3, 0.4) is 0 Å². The number of alkyl halides is 2. The largest absolute Gasteiger partial charge is 0.480 e. The Hall–Kier alpha value is -0.790. The van der Waals surface area contributed by atoms with Crippen LogP contribution in [0.2, 0.25) is 0 Å². The van der Waals surface area contributed by atoms with Crippen molar-refractivity contribution in [1.29, 1.82) is 0 Å². The topological polar surface area (TPSA) is 86.8 Å². The first kappa shape index (κ1) is 13.2. The van der Waals surface area contributed by atoms with E-state index in [9.17, 15) is 13.6 Å². The van der Waals surface area contributed by atoms with E-state index in [4.69, 9.17) is 15.9 Å². The molecular weight excluding hydrogens is 198 g/mol. The van der Waals surface area contributed by atoms with E-state index in [1.165, 1.54) is 0 Å². The molecule has 0 amide bonds. The molecule has 0 rings (SSSR count). The van der Waals surface area contributed by atoms with Gasteiger partial charge in [-0.15, -0.1) is 0 Å². The maximum Gasteiger partial charge on any atom is 0.321 e. The van der Waals surface area contributed by atoms with Gasteiger partial charge >= 0.3 is 5.97 Å². The van der Waals surface area contributed by atoms with E-state index < -0.39 is 25.0 Å². The van der Waals surface area contributed by atoms with E-state index in [0.29, 0.717) is 0 Å². The molecule has 0 aliphatic heterocycles. The Labute approximate surface area is 80.1 Å². The predicted octanol–water partition coefficient (Wildman–Crippen LogP) is -1.04. The molecule has 0 aliphatic carbocycles. The molecule has 14 heavy (non-hydrogen) atoms. The van der Waals surface area contributed by atoms with Gasteiger partial charge in [0.05, 0.1) is 13.2 Å². The fourth-order valence-corrected chi connectivity index (χ4v) is 0.950. The summed E-state index contributed by atoms with van der Waals surface area (Å²) in [6.07, 6.45) is -2.57. The third kappa shape index (κ3) is 5.79. The van der Waals surface area contributed by atoms with Crippen LogP contribution < -0.4 is 5.73 Å². The highest BCUT2D eigenvalue weighted by atomic mass is 19.3. The number of hydrogen-bond donors (Lipinski definition) is 3. The van der Waals surface area contributed by atoms with Gasteiger partial charge in [0.1, 0.15) is 6.04 Å². The second kappa shape index (κ2) is 6.63. The molecule has 0 fully saturated rings. The smallest absolute Gasteiger partial charge is 0.321 e. The van der Waals surface area contributed by atoms with Gasteiger partial charge in [-0.05, 0) is 0 Å². The molecule has 0 saturated carbocycles. The van der Waals surface area contributed by atoms with Gasteiger partial charge in [-0.25, -0.2) is 8.78 Å². The van der Waals surface area contributed by atoms with E-state index in [1.807, 2.05) is 0 Å². The number of hydrogen-bond acceptors (Lipinski definition) is 4. The van der Waals surface area contributed by atoms with Gasteiger partial charge in [-0.1, -0.05) is 0 Å². The lowest BCUT2D eigenvalue weighted by molar-refractivity contribution is -0.139. The first-order chi connectivity index (χ1) is 6.47. The average Bonchev–Trinajstić information content (AvgIpc) is 2.02. The molecule has 0 aliphatic rings. The Balaban J connectivity index is 4.01. The van der Waals surface area contributed by atoms with Crippen molar-refractivity contribution in [2.45, 2.75) is 12.5 Å². The zero-order valence-corrected chi connectivity index (χ0v) is 7.57. The quantitative estimate of drug-likeness (QED) is 0.501. The molecule has 1 unspecified atom stereocenters. The first-order valence-corrected chi connectivity index (χ1v) is 4.07. The fraction of sp³-hybridized carbons (Fsp3) is 0.857. The van der Waals surface area contributed by atoms with Crippen LogP contribution in [-0.4, -0.2) is 59.8 Å². The summed E-state index contributed by atoms with van der Waals surface area (Å²) in [5.41, 5.74) is 5.16. The molecule has 0 spiro atoms. The van der Waals surface area contributed by atoms with Gasteiger partial charge in [0.25, 0.3) is 6.43 Å². The van der Waals surface area contributed by atoms with Gasteiger partial charge in [0.15, 0.2) is 0 Å². The van der Waals surface area contributed by atoms with Crippen molar-refractivity contribution in [1.82, 2.24) is 4.90 Å². The number of nitrogens with zero attached hydrogens (tertiary/aromatic N) is 1. The van der Waals surface area contributed by atoms with Crippen molar-refractivity contribution < 1.29 is 23.8 Å². The Kier molecular flexibility index (Phi) is 6.26. The van der Waals surface area contributed by atoms with E-state index >= 15 is 0 Å². The number of rotatable bonds is 7. The molecular formula is C7H14F2N2O3. The Morgan fingerprint density at radius 3 is 2.36 bits per heavy atom. The van der Waals surface area contributed by atoms with Crippen molar-refractivity contribution in [3.8, 4) is 0 Å². The number of aliphatic hydroxyl groups excluding tert-OH is 1. The SMILES string of the molecule is NC(CN(CCO)CC(F)F)C(=O)O. The minimum Gasteiger partial charge on any atom is -0.480 e. The van der Waals surface area contributed by atoms with E-state index in [1.54, 1.807) is 0 Å². The number of aliphatic hydroxyl groups is 1. The number of carboxylic acids is 1. The molecule has 5 nitrogen and oxygen atoms in total. The maximum atomic E-state index is 11.9. The monoisotopic (exact) mass is 212 g/mol. The minimum absolute atomic E-state index is 0.00861. The third-order valence-corrected chi connectivity index (χ3v) is 1.58. The molecule has 0 heterocycles. The van der Waals surface area contributed by atoms with Gasteiger partial charge < -0.3 is 15.9 Å². The summed E-state index contributed by atoms with van der Waals surface area (Å²) in [5.74, 6) is -1.25. The van der Waals surface area contributed by atoms with Crippen LogP contribution in [0.15, 0.2) is 0 Å². The van der Waals surface area contributed by atoms with Gasteiger partial charge in [-0.2, -0.15) is 0 Å². The lowest BCUT2D eigenvalue weighted by Gasteiger charge is -2.22. The second-order valence-corrected chi connectivity index (χ2v) is 2.82. The summed E-state index contributed by atoms with van der Waals surface area (Å²) in [4.78, 5) is 11.4. The van der Waals surface area contributed by atoms with Crippen LogP contribution in [-0.2, 0) is 4.79 Å². The molecule has 7 heteroatoms. The summed E-state index contributed by atoms with van der Waals surface area (Å²) < 4.78 is 23.9. The molecule has 0 bridgehead atoms. The number of nitrogens with two attached hydrogens (primary N) is 1. The normalized spacial score (nSPS) is 13.6. The van der Waals surface area contributed by atoms with Crippen LogP contribution in [0.1, 0.15) is 0 Å². The minimum atomic E-state index is -2.57. The fourth-order valence-electron chi connectivity index (χ4n) is 0.950. The van der Waals surface area contributed by atoms with Crippen LogP contribution in [0.25, 0.3) is 0 Å². The summed E-state index contributed by atoms with van der Waals surface area (Å²) in [5, 5.41) is 17.0. The lowest BCUT2D eigenvalue weighted by Crippen LogP contribution is -2.45. The summed E-state index contributed by atoms with van der Waals surface area (Å²) in [7, 11) is 0. The standard InChI is InChI=1S/C7H14F2N2O3/c8-6(9)4-11(1-2-12)3-5(10)7(13)14/h5-6,12H,1-4,10H2,(H,13,14). The number of aliphatic carboxylic acids is 1. The number of carboxylic acid groups (broad SMARTS) is 1. The predicted molar refractivity (Wildman–Crippen MR) is 45.1 cm³/mol.